The number of para-hydroxylation sites is 2. The lowest BCUT2D eigenvalue weighted by atomic mass is 10.2. The topological polar surface area (TPSA) is 77.5 Å². The molecule has 2 aromatic carbocycles. The molecule has 0 radical (unpaired) electrons. The average Bonchev–Trinajstić information content (AvgIpc) is 3.08. The van der Waals surface area contributed by atoms with E-state index in [9.17, 15) is 13.2 Å². The Morgan fingerprint density at radius 3 is 2.52 bits per heavy atom. The van der Waals surface area contributed by atoms with E-state index in [1.165, 1.54) is 18.2 Å². The summed E-state index contributed by atoms with van der Waals surface area (Å²) in [5.74, 6) is 0.236. The molecule has 3 aromatic rings. The highest BCUT2D eigenvalue weighted by Gasteiger charge is 2.32. The largest absolute Gasteiger partial charge is 0.573 e. The molecule has 1 aromatic heterocycles. The number of hydrogen-bond donors (Lipinski definition) is 2. The number of aliphatic imine (C=N–C) groups is 1. The normalized spacial score (nSPS) is 11.6. The van der Waals surface area contributed by atoms with Gasteiger partial charge in [-0.1, -0.05) is 42.5 Å². The Balaban J connectivity index is 0.00000300. The molecule has 0 aliphatic rings. The van der Waals surface area contributed by atoms with Crippen LogP contribution in [0.15, 0.2) is 72.0 Å². The van der Waals surface area contributed by atoms with Crippen LogP contribution in [0.4, 0.5) is 18.9 Å². The van der Waals surface area contributed by atoms with Crippen LogP contribution in [0, 0.1) is 0 Å². The number of aromatic nitrogens is 2. The van der Waals surface area contributed by atoms with Crippen molar-refractivity contribution in [3.63, 3.8) is 0 Å². The molecular weight excluding hydrogens is 498 g/mol. The van der Waals surface area contributed by atoms with E-state index in [1.807, 2.05) is 41.1 Å². The van der Waals surface area contributed by atoms with Crippen LogP contribution in [-0.4, -0.2) is 21.9 Å². The van der Waals surface area contributed by atoms with E-state index in [1.54, 1.807) is 12.3 Å². The number of guanidine groups is 1. The van der Waals surface area contributed by atoms with Crippen molar-refractivity contribution < 1.29 is 17.9 Å². The Morgan fingerprint density at radius 2 is 1.79 bits per heavy atom. The van der Waals surface area contributed by atoms with Crippen LogP contribution in [0.25, 0.3) is 0 Å². The number of nitrogens with zero attached hydrogens (tertiary/aromatic N) is 3. The SMILES string of the molecule is I.NC(=NCc1nccn1Cc1ccccc1)Nc1ccccc1OC(F)(F)F. The second-order valence-electron chi connectivity index (χ2n) is 5.83. The minimum Gasteiger partial charge on any atom is -0.404 e. The van der Waals surface area contributed by atoms with Gasteiger partial charge < -0.3 is 20.4 Å². The van der Waals surface area contributed by atoms with Gasteiger partial charge in [-0.3, -0.25) is 0 Å². The molecular formula is C19H19F3IN5O. The van der Waals surface area contributed by atoms with Gasteiger partial charge in [0.1, 0.15) is 12.4 Å². The molecule has 0 fully saturated rings. The van der Waals surface area contributed by atoms with Crippen LogP contribution in [0.1, 0.15) is 11.4 Å². The molecule has 29 heavy (non-hydrogen) atoms. The molecule has 0 aliphatic heterocycles. The molecule has 0 unspecified atom stereocenters. The van der Waals surface area contributed by atoms with Crippen LogP contribution in [0.3, 0.4) is 0 Å². The number of halogens is 4. The number of alkyl halides is 3. The Hall–Kier alpha value is -2.76. The first-order chi connectivity index (χ1) is 13.4. The zero-order valence-electron chi connectivity index (χ0n) is 15.1. The first-order valence-electron chi connectivity index (χ1n) is 8.36. The second-order valence-corrected chi connectivity index (χ2v) is 5.83. The summed E-state index contributed by atoms with van der Waals surface area (Å²) in [5, 5.41) is 2.63. The zero-order chi connectivity index (χ0) is 20.0. The Kier molecular flexibility index (Phi) is 7.88. The Bertz CT molecular complexity index is 944. The number of anilines is 1. The Labute approximate surface area is 182 Å². The molecule has 0 amide bonds. The molecule has 0 bridgehead atoms. The van der Waals surface area contributed by atoms with E-state index in [4.69, 9.17) is 5.73 Å². The van der Waals surface area contributed by atoms with Gasteiger partial charge in [-0.15, -0.1) is 37.1 Å². The zero-order valence-corrected chi connectivity index (χ0v) is 17.5. The summed E-state index contributed by atoms with van der Waals surface area (Å²) in [4.78, 5) is 8.42. The van der Waals surface area contributed by atoms with Gasteiger partial charge >= 0.3 is 6.36 Å². The molecule has 1 heterocycles. The van der Waals surface area contributed by atoms with Crippen molar-refractivity contribution in [2.24, 2.45) is 10.7 Å². The summed E-state index contributed by atoms with van der Waals surface area (Å²) in [7, 11) is 0. The highest BCUT2D eigenvalue weighted by Crippen LogP contribution is 2.29. The predicted molar refractivity (Wildman–Crippen MR) is 115 cm³/mol. The average molecular weight is 517 g/mol. The van der Waals surface area contributed by atoms with Gasteiger partial charge in [0, 0.05) is 18.9 Å². The summed E-state index contributed by atoms with van der Waals surface area (Å²) in [6.07, 6.45) is -1.32. The Morgan fingerprint density at radius 1 is 1.10 bits per heavy atom. The van der Waals surface area contributed by atoms with E-state index in [2.05, 4.69) is 20.0 Å². The van der Waals surface area contributed by atoms with E-state index in [0.29, 0.717) is 12.4 Å². The van der Waals surface area contributed by atoms with Gasteiger partial charge in [-0.05, 0) is 17.7 Å². The van der Waals surface area contributed by atoms with E-state index < -0.39 is 12.1 Å². The van der Waals surface area contributed by atoms with Gasteiger partial charge in [0.25, 0.3) is 0 Å². The van der Waals surface area contributed by atoms with Crippen LogP contribution in [0.5, 0.6) is 5.75 Å². The predicted octanol–water partition coefficient (Wildman–Crippen LogP) is 4.37. The van der Waals surface area contributed by atoms with E-state index >= 15 is 0 Å². The molecule has 3 N–H and O–H groups in total. The lowest BCUT2D eigenvalue weighted by Crippen LogP contribution is -2.24. The number of nitrogens with one attached hydrogen (secondary N) is 1. The fourth-order valence-electron chi connectivity index (χ4n) is 2.53. The maximum absolute atomic E-state index is 12.5. The number of ether oxygens (including phenoxy) is 1. The van der Waals surface area contributed by atoms with Crippen LogP contribution >= 0.6 is 24.0 Å². The highest BCUT2D eigenvalue weighted by molar-refractivity contribution is 14.0. The summed E-state index contributed by atoms with van der Waals surface area (Å²) in [6, 6.07) is 15.4. The molecule has 154 valence electrons. The third-order valence-electron chi connectivity index (χ3n) is 3.76. The van der Waals surface area contributed by atoms with Crippen LogP contribution in [-0.2, 0) is 13.1 Å². The first kappa shape index (κ1) is 22.5. The lowest BCUT2D eigenvalue weighted by Gasteiger charge is -2.14. The highest BCUT2D eigenvalue weighted by atomic mass is 127. The number of rotatable bonds is 6. The quantitative estimate of drug-likeness (QED) is 0.289. The van der Waals surface area contributed by atoms with Crippen LogP contribution < -0.4 is 15.8 Å². The third kappa shape index (κ3) is 6.97. The summed E-state index contributed by atoms with van der Waals surface area (Å²) >= 11 is 0. The van der Waals surface area contributed by atoms with Crippen molar-refractivity contribution in [3.8, 4) is 5.75 Å². The van der Waals surface area contributed by atoms with Gasteiger partial charge in [0.05, 0.1) is 5.69 Å². The van der Waals surface area contributed by atoms with Gasteiger partial charge in [0.2, 0.25) is 0 Å². The van der Waals surface area contributed by atoms with E-state index in [-0.39, 0.29) is 42.2 Å². The van der Waals surface area contributed by atoms with E-state index in [0.717, 1.165) is 5.56 Å². The fraction of sp³-hybridized carbons (Fsp3) is 0.158. The minimum atomic E-state index is -4.80. The summed E-state index contributed by atoms with van der Waals surface area (Å²) in [5.41, 5.74) is 6.99. The summed E-state index contributed by atoms with van der Waals surface area (Å²) in [6.45, 7) is 0.794. The van der Waals surface area contributed by atoms with Crippen molar-refractivity contribution >= 4 is 35.6 Å². The maximum atomic E-state index is 12.5. The number of nitrogens with two attached hydrogens (primary N) is 1. The number of hydrogen-bond acceptors (Lipinski definition) is 3. The molecule has 0 saturated carbocycles. The van der Waals surface area contributed by atoms with Gasteiger partial charge in [-0.2, -0.15) is 0 Å². The second kappa shape index (κ2) is 10.1. The molecule has 0 saturated heterocycles. The van der Waals surface area contributed by atoms with Crippen LogP contribution in [0.2, 0.25) is 0 Å². The van der Waals surface area contributed by atoms with Gasteiger partial charge in [0.15, 0.2) is 11.7 Å². The molecule has 0 spiro atoms. The van der Waals surface area contributed by atoms with Gasteiger partial charge in [-0.25, -0.2) is 9.98 Å². The van der Waals surface area contributed by atoms with Crippen molar-refractivity contribution in [1.82, 2.24) is 9.55 Å². The number of benzene rings is 2. The van der Waals surface area contributed by atoms with Crippen molar-refractivity contribution in [2.75, 3.05) is 5.32 Å². The van der Waals surface area contributed by atoms with Crippen molar-refractivity contribution in [2.45, 2.75) is 19.5 Å². The molecule has 0 atom stereocenters. The molecule has 3 rings (SSSR count). The third-order valence-corrected chi connectivity index (χ3v) is 3.76. The van der Waals surface area contributed by atoms with Crippen molar-refractivity contribution in [3.05, 3.63) is 78.4 Å². The van der Waals surface area contributed by atoms with Crippen molar-refractivity contribution in [1.29, 1.82) is 0 Å². The molecule has 6 nitrogen and oxygen atoms in total. The molecule has 0 aliphatic carbocycles. The number of imidazole rings is 1. The first-order valence-corrected chi connectivity index (χ1v) is 8.36. The molecule has 10 heteroatoms. The maximum Gasteiger partial charge on any atom is 0.573 e. The standard InChI is InChI=1S/C19H18F3N5O.HI/c20-19(21,22)28-16-9-5-4-8-15(16)26-18(23)25-12-17-24-10-11-27(17)13-14-6-2-1-3-7-14;/h1-11H,12-13H2,(H3,23,25,26);1H. The monoisotopic (exact) mass is 517 g/mol. The lowest BCUT2D eigenvalue weighted by molar-refractivity contribution is -0.274. The smallest absolute Gasteiger partial charge is 0.404 e. The fourth-order valence-corrected chi connectivity index (χ4v) is 2.53. The summed E-state index contributed by atoms with van der Waals surface area (Å²) < 4.78 is 43.4. The minimum absolute atomic E-state index is 0.